The number of aliphatic hydroxyl groups is 1. The lowest BCUT2D eigenvalue weighted by Crippen LogP contribution is -2.31. The van der Waals surface area contributed by atoms with Crippen LogP contribution >= 0.6 is 11.8 Å². The van der Waals surface area contributed by atoms with E-state index in [-0.39, 0.29) is 25.4 Å². The van der Waals surface area contributed by atoms with Crippen LogP contribution in [0.2, 0.25) is 0 Å². The molecule has 1 fully saturated rings. The van der Waals surface area contributed by atoms with Crippen molar-refractivity contribution in [1.82, 2.24) is 9.97 Å². The number of aromatic nitrogens is 2. The first-order valence-corrected chi connectivity index (χ1v) is 12.2. The molecule has 0 unspecified atom stereocenters. The van der Waals surface area contributed by atoms with Gasteiger partial charge in [-0.1, -0.05) is 60.8 Å². The van der Waals surface area contributed by atoms with Gasteiger partial charge in [0.25, 0.3) is 0 Å². The lowest BCUT2D eigenvalue weighted by molar-refractivity contribution is -0.245. The Labute approximate surface area is 208 Å². The number of ether oxygens (including phenoxy) is 3. The van der Waals surface area contributed by atoms with Crippen LogP contribution in [-0.2, 0) is 20.8 Å². The lowest BCUT2D eigenvalue weighted by Gasteiger charge is -2.36. The molecule has 4 rings (SSSR count). The average molecular weight is 494 g/mol. The number of aliphatic hydroxyl groups excluding tert-OH is 1. The predicted molar refractivity (Wildman–Crippen MR) is 133 cm³/mol. The molecule has 8 nitrogen and oxygen atoms in total. The summed E-state index contributed by atoms with van der Waals surface area (Å²) < 4.78 is 17.6. The number of carbonyl (C=O) groups is 1. The Morgan fingerprint density at radius 3 is 2.51 bits per heavy atom. The number of thioether (sulfide) groups is 1. The fraction of sp³-hybridized carbons (Fsp3) is 0.269. The summed E-state index contributed by atoms with van der Waals surface area (Å²) in [5.41, 5.74) is 3.30. The van der Waals surface area contributed by atoms with E-state index in [2.05, 4.69) is 21.9 Å². The summed E-state index contributed by atoms with van der Waals surface area (Å²) in [6.45, 7) is 3.66. The minimum Gasteiger partial charge on any atom is -0.445 e. The van der Waals surface area contributed by atoms with Crippen molar-refractivity contribution in [2.45, 2.75) is 36.7 Å². The molecule has 3 aromatic rings. The Balaban J connectivity index is 1.47. The highest BCUT2D eigenvalue weighted by atomic mass is 32.2. The number of anilines is 1. The van der Waals surface area contributed by atoms with Gasteiger partial charge in [-0.25, -0.2) is 14.8 Å². The van der Waals surface area contributed by atoms with Crippen molar-refractivity contribution >= 4 is 23.5 Å². The maximum Gasteiger partial charge on any atom is 0.411 e. The third-order valence-corrected chi connectivity index (χ3v) is 6.32. The van der Waals surface area contributed by atoms with Crippen LogP contribution in [0.25, 0.3) is 0 Å². The van der Waals surface area contributed by atoms with Crippen molar-refractivity contribution in [2.75, 3.05) is 17.7 Å². The van der Waals surface area contributed by atoms with E-state index in [1.54, 1.807) is 30.6 Å². The molecule has 0 aliphatic carbocycles. The Bertz CT molecular complexity index is 1100. The van der Waals surface area contributed by atoms with Crippen molar-refractivity contribution < 1.29 is 24.1 Å². The molecule has 0 saturated carbocycles. The number of amides is 1. The van der Waals surface area contributed by atoms with Crippen LogP contribution in [0.3, 0.4) is 0 Å². The largest absolute Gasteiger partial charge is 0.445 e. The summed E-state index contributed by atoms with van der Waals surface area (Å²) in [6.07, 6.45) is 4.20. The second-order valence-electron chi connectivity index (χ2n) is 7.83. The molecule has 0 radical (unpaired) electrons. The van der Waals surface area contributed by atoms with E-state index in [0.717, 1.165) is 16.7 Å². The van der Waals surface area contributed by atoms with E-state index < -0.39 is 12.4 Å². The number of hydrogen-bond acceptors (Lipinski definition) is 8. The fourth-order valence-electron chi connectivity index (χ4n) is 3.56. The molecular formula is C26H27N3O5S. The van der Waals surface area contributed by atoms with Crippen LogP contribution in [0.5, 0.6) is 0 Å². The van der Waals surface area contributed by atoms with Crippen LogP contribution in [0.15, 0.2) is 84.8 Å². The summed E-state index contributed by atoms with van der Waals surface area (Å²) in [4.78, 5) is 20.3. The molecule has 9 heteroatoms. The number of carbonyl (C=O) groups excluding carboxylic acids is 1. The first kappa shape index (κ1) is 24.9. The molecule has 0 spiro atoms. The van der Waals surface area contributed by atoms with Gasteiger partial charge < -0.3 is 19.3 Å². The van der Waals surface area contributed by atoms with Gasteiger partial charge in [0.1, 0.15) is 6.61 Å². The molecule has 35 heavy (non-hydrogen) atoms. The normalized spacial score (nSPS) is 19.6. The van der Waals surface area contributed by atoms with Crippen LogP contribution < -0.4 is 5.32 Å². The van der Waals surface area contributed by atoms with Crippen molar-refractivity contribution in [3.8, 4) is 0 Å². The maximum absolute atomic E-state index is 11.8. The molecule has 3 atom stereocenters. The van der Waals surface area contributed by atoms with Crippen molar-refractivity contribution in [3.63, 3.8) is 0 Å². The fourth-order valence-corrected chi connectivity index (χ4v) is 4.38. The lowest BCUT2D eigenvalue weighted by atomic mass is 10.0. The SMILES string of the molecule is C=CCOC(=O)Nc1ccc([C@@H]2O[C@H](CSc3ncccn3)C[C@H](c3ccc(CO)cc3)O2)cc1. The minimum atomic E-state index is -0.588. The Hall–Kier alpha value is -3.24. The smallest absolute Gasteiger partial charge is 0.411 e. The topological polar surface area (TPSA) is 103 Å². The number of benzene rings is 2. The quantitative estimate of drug-likeness (QED) is 0.243. The summed E-state index contributed by atoms with van der Waals surface area (Å²) in [6, 6.07) is 16.8. The van der Waals surface area contributed by atoms with E-state index in [1.807, 2.05) is 36.4 Å². The monoisotopic (exact) mass is 493 g/mol. The van der Waals surface area contributed by atoms with Gasteiger partial charge in [-0.05, 0) is 29.3 Å². The third-order valence-electron chi connectivity index (χ3n) is 5.32. The summed E-state index contributed by atoms with van der Waals surface area (Å²) in [7, 11) is 0. The third kappa shape index (κ3) is 7.12. The highest BCUT2D eigenvalue weighted by Crippen LogP contribution is 2.39. The summed E-state index contributed by atoms with van der Waals surface area (Å²) in [5, 5.41) is 12.7. The maximum atomic E-state index is 11.8. The van der Waals surface area contributed by atoms with Crippen LogP contribution in [-0.4, -0.2) is 39.6 Å². The number of rotatable bonds is 9. The Morgan fingerprint density at radius 2 is 1.83 bits per heavy atom. The molecule has 2 N–H and O–H groups in total. The van der Waals surface area contributed by atoms with Crippen LogP contribution in [0.1, 0.15) is 35.5 Å². The second-order valence-corrected chi connectivity index (χ2v) is 8.81. The molecule has 1 aromatic heterocycles. The molecule has 1 aliphatic rings. The summed E-state index contributed by atoms with van der Waals surface area (Å²) in [5.74, 6) is 0.671. The zero-order valence-corrected chi connectivity index (χ0v) is 19.9. The van der Waals surface area contributed by atoms with Gasteiger partial charge in [-0.15, -0.1) is 0 Å². The zero-order valence-electron chi connectivity index (χ0n) is 19.1. The van der Waals surface area contributed by atoms with Gasteiger partial charge in [-0.2, -0.15) is 0 Å². The molecule has 2 aromatic carbocycles. The van der Waals surface area contributed by atoms with Gasteiger partial charge >= 0.3 is 6.09 Å². The Morgan fingerprint density at radius 1 is 1.11 bits per heavy atom. The van der Waals surface area contributed by atoms with Gasteiger partial charge in [0.15, 0.2) is 11.4 Å². The van der Waals surface area contributed by atoms with Crippen LogP contribution in [0.4, 0.5) is 10.5 Å². The van der Waals surface area contributed by atoms with Crippen molar-refractivity contribution in [1.29, 1.82) is 0 Å². The van der Waals surface area contributed by atoms with E-state index in [1.165, 1.54) is 17.8 Å². The van der Waals surface area contributed by atoms with Gasteiger partial charge in [0.05, 0.1) is 18.8 Å². The zero-order chi connectivity index (χ0) is 24.5. The van der Waals surface area contributed by atoms with Gasteiger partial charge in [-0.3, -0.25) is 5.32 Å². The highest BCUT2D eigenvalue weighted by Gasteiger charge is 2.32. The standard InChI is InChI=1S/C26H27N3O5S/c1-2-14-32-26(31)29-21-10-8-20(9-11-21)24-33-22(17-35-25-27-12-3-13-28-25)15-23(34-24)19-6-4-18(16-30)5-7-19/h2-13,22-24,30H,1,14-17H2,(H,29,31)/t22-,23+,24+/m0/s1. The predicted octanol–water partition coefficient (Wildman–Crippen LogP) is 5.04. The van der Waals surface area contributed by atoms with Gasteiger partial charge in [0, 0.05) is 35.8 Å². The minimum absolute atomic E-state index is 0.00457. The van der Waals surface area contributed by atoms with Gasteiger partial charge in [0.2, 0.25) is 0 Å². The van der Waals surface area contributed by atoms with E-state index in [9.17, 15) is 9.90 Å². The molecule has 1 saturated heterocycles. The first-order valence-electron chi connectivity index (χ1n) is 11.2. The number of nitrogens with one attached hydrogen (secondary N) is 1. The second kappa shape index (κ2) is 12.5. The summed E-state index contributed by atoms with van der Waals surface area (Å²) >= 11 is 1.54. The number of nitrogens with zero attached hydrogens (tertiary/aromatic N) is 2. The molecule has 182 valence electrons. The molecule has 0 bridgehead atoms. The van der Waals surface area contributed by atoms with Crippen molar-refractivity contribution in [3.05, 3.63) is 96.3 Å². The average Bonchev–Trinajstić information content (AvgIpc) is 2.91. The van der Waals surface area contributed by atoms with E-state index in [4.69, 9.17) is 14.2 Å². The molecule has 1 aliphatic heterocycles. The molecule has 1 amide bonds. The van der Waals surface area contributed by atoms with E-state index in [0.29, 0.717) is 23.0 Å². The Kier molecular flexibility index (Phi) is 8.85. The number of hydrogen-bond donors (Lipinski definition) is 2. The molecule has 2 heterocycles. The molecular weight excluding hydrogens is 466 g/mol. The highest BCUT2D eigenvalue weighted by molar-refractivity contribution is 7.99. The van der Waals surface area contributed by atoms with Crippen molar-refractivity contribution in [2.24, 2.45) is 0 Å². The first-order chi connectivity index (χ1) is 17.1. The van der Waals surface area contributed by atoms with Crippen LogP contribution in [0, 0.1) is 0 Å². The van der Waals surface area contributed by atoms with E-state index >= 15 is 0 Å².